The Morgan fingerprint density at radius 1 is 1.42 bits per heavy atom. The lowest BCUT2D eigenvalue weighted by molar-refractivity contribution is 0.546. The molecule has 1 aromatic rings. The van der Waals surface area contributed by atoms with Crippen molar-refractivity contribution in [1.29, 1.82) is 0 Å². The molecule has 1 atom stereocenters. The van der Waals surface area contributed by atoms with Gasteiger partial charge in [-0.15, -0.1) is 0 Å². The summed E-state index contributed by atoms with van der Waals surface area (Å²) in [6, 6.07) is 5.73. The molecule has 0 aliphatic carbocycles. The maximum absolute atomic E-state index is 10.4. The quantitative estimate of drug-likeness (QED) is 0.816. The second-order valence-electron chi connectivity index (χ2n) is 2.48. The topological polar surface area (TPSA) is 17.1 Å². The number of rotatable bonds is 2. The lowest BCUT2D eigenvalue weighted by Crippen LogP contribution is -1.95. The Bertz CT molecular complexity index is 297. The minimum atomic E-state index is -0.183. The average molecular weight is 291 g/mol. The molecule has 1 rings (SSSR count). The molecule has 0 N–H and O–H groups in total. The second kappa shape index (κ2) is 4.19. The van der Waals surface area contributed by atoms with Crippen molar-refractivity contribution in [3.63, 3.8) is 0 Å². The Morgan fingerprint density at radius 2 is 2.08 bits per heavy atom. The molecule has 0 spiro atoms. The molecular weight excluding hydrogens is 284 g/mol. The molecule has 1 aromatic carbocycles. The Morgan fingerprint density at radius 3 is 2.67 bits per heavy atom. The number of benzene rings is 1. The number of hydrogen-bond acceptors (Lipinski definition) is 1. The van der Waals surface area contributed by atoms with Crippen molar-refractivity contribution in [2.45, 2.75) is 12.8 Å². The van der Waals surface area contributed by atoms with Crippen LogP contribution in [-0.2, 0) is 4.79 Å². The molecule has 0 heterocycles. The SMILES string of the molecule is CC([C]=O)c1cccc(Br)c1Br. The summed E-state index contributed by atoms with van der Waals surface area (Å²) in [6.45, 7) is 1.82. The fraction of sp³-hybridized carbons (Fsp3) is 0.222. The highest BCUT2D eigenvalue weighted by Gasteiger charge is 2.10. The van der Waals surface area contributed by atoms with Crippen molar-refractivity contribution in [3.05, 3.63) is 32.7 Å². The van der Waals surface area contributed by atoms with Crippen molar-refractivity contribution in [1.82, 2.24) is 0 Å². The van der Waals surface area contributed by atoms with E-state index in [1.54, 1.807) is 0 Å². The summed E-state index contributed by atoms with van der Waals surface area (Å²) in [5.74, 6) is -0.183. The highest BCUT2D eigenvalue weighted by atomic mass is 79.9. The molecule has 1 nitrogen and oxygen atoms in total. The zero-order valence-corrected chi connectivity index (χ0v) is 9.65. The third-order valence-electron chi connectivity index (χ3n) is 1.62. The molecule has 1 radical (unpaired) electrons. The summed E-state index contributed by atoms with van der Waals surface area (Å²) < 4.78 is 1.89. The standard InChI is InChI=1S/C9H7Br2O/c1-6(5-12)7-3-2-4-8(10)9(7)11/h2-4,6H,1H3. The predicted octanol–water partition coefficient (Wildman–Crippen LogP) is 3.42. The average Bonchev–Trinajstić information content (AvgIpc) is 2.08. The highest BCUT2D eigenvalue weighted by molar-refractivity contribution is 9.13. The minimum absolute atomic E-state index is 0.183. The minimum Gasteiger partial charge on any atom is -0.290 e. The molecule has 0 aliphatic heterocycles. The highest BCUT2D eigenvalue weighted by Crippen LogP contribution is 2.30. The van der Waals surface area contributed by atoms with Gasteiger partial charge in [0, 0.05) is 14.9 Å². The first kappa shape index (κ1) is 9.93. The molecule has 0 aliphatic rings. The van der Waals surface area contributed by atoms with Crippen molar-refractivity contribution >= 4 is 38.1 Å². The van der Waals surface area contributed by atoms with E-state index in [4.69, 9.17) is 0 Å². The number of hydrogen-bond donors (Lipinski definition) is 0. The van der Waals surface area contributed by atoms with E-state index in [9.17, 15) is 4.79 Å². The van der Waals surface area contributed by atoms with Gasteiger partial charge in [-0.05, 0) is 43.5 Å². The van der Waals surface area contributed by atoms with Gasteiger partial charge >= 0.3 is 0 Å². The summed E-state index contributed by atoms with van der Waals surface area (Å²) >= 11 is 6.76. The van der Waals surface area contributed by atoms with Gasteiger partial charge in [-0.2, -0.15) is 0 Å². The van der Waals surface area contributed by atoms with E-state index in [2.05, 4.69) is 31.9 Å². The maximum atomic E-state index is 10.4. The third-order valence-corrected chi connectivity index (χ3v) is 3.70. The van der Waals surface area contributed by atoms with Crippen molar-refractivity contribution < 1.29 is 4.79 Å². The Kier molecular flexibility index (Phi) is 3.47. The summed E-state index contributed by atoms with van der Waals surface area (Å²) in [5.41, 5.74) is 0.958. The number of halogens is 2. The molecule has 0 amide bonds. The molecule has 63 valence electrons. The molecule has 0 fully saturated rings. The zero-order valence-electron chi connectivity index (χ0n) is 6.47. The van der Waals surface area contributed by atoms with Crippen molar-refractivity contribution in [3.8, 4) is 0 Å². The molecule has 1 unspecified atom stereocenters. The van der Waals surface area contributed by atoms with Gasteiger partial charge in [-0.1, -0.05) is 19.1 Å². The summed E-state index contributed by atoms with van der Waals surface area (Å²) in [4.78, 5) is 10.4. The van der Waals surface area contributed by atoms with Crippen molar-refractivity contribution in [2.24, 2.45) is 0 Å². The largest absolute Gasteiger partial charge is 0.290 e. The van der Waals surface area contributed by atoms with E-state index in [0.717, 1.165) is 14.5 Å². The molecule has 3 heteroatoms. The van der Waals surface area contributed by atoms with Gasteiger partial charge in [0.1, 0.15) is 0 Å². The van der Waals surface area contributed by atoms with Gasteiger partial charge in [-0.25, -0.2) is 0 Å². The van der Waals surface area contributed by atoms with Crippen LogP contribution in [0.3, 0.4) is 0 Å². The summed E-state index contributed by atoms with van der Waals surface area (Å²) in [6.07, 6.45) is 1.95. The molecular formula is C9H7Br2O. The zero-order chi connectivity index (χ0) is 9.14. The van der Waals surface area contributed by atoms with Gasteiger partial charge in [0.05, 0.1) is 0 Å². The van der Waals surface area contributed by atoms with E-state index in [1.165, 1.54) is 0 Å². The van der Waals surface area contributed by atoms with Crippen LogP contribution < -0.4 is 0 Å². The van der Waals surface area contributed by atoms with Gasteiger partial charge in [0.25, 0.3) is 0 Å². The summed E-state index contributed by atoms with van der Waals surface area (Å²) in [7, 11) is 0. The fourth-order valence-corrected chi connectivity index (χ4v) is 1.91. The first-order valence-corrected chi connectivity index (χ1v) is 5.07. The van der Waals surface area contributed by atoms with Crippen LogP contribution in [0.15, 0.2) is 27.1 Å². The molecule has 0 saturated heterocycles. The molecule has 0 saturated carbocycles. The van der Waals surface area contributed by atoms with Crippen LogP contribution in [0.5, 0.6) is 0 Å². The molecule has 0 bridgehead atoms. The first-order chi connectivity index (χ1) is 5.66. The second-order valence-corrected chi connectivity index (χ2v) is 4.13. The van der Waals surface area contributed by atoms with Gasteiger partial charge in [-0.3, -0.25) is 4.79 Å². The van der Waals surface area contributed by atoms with Crippen LogP contribution in [0.1, 0.15) is 18.4 Å². The van der Waals surface area contributed by atoms with Crippen molar-refractivity contribution in [2.75, 3.05) is 0 Å². The van der Waals surface area contributed by atoms with Gasteiger partial charge < -0.3 is 0 Å². The van der Waals surface area contributed by atoms with E-state index in [-0.39, 0.29) is 5.92 Å². The summed E-state index contributed by atoms with van der Waals surface area (Å²) in [5, 5.41) is 0. The first-order valence-electron chi connectivity index (χ1n) is 3.48. The van der Waals surface area contributed by atoms with Crippen LogP contribution in [0.2, 0.25) is 0 Å². The van der Waals surface area contributed by atoms with E-state index in [1.807, 2.05) is 31.4 Å². The normalized spacial score (nSPS) is 12.6. The lowest BCUT2D eigenvalue weighted by Gasteiger charge is -2.06. The molecule has 0 aromatic heterocycles. The fourth-order valence-electron chi connectivity index (χ4n) is 0.918. The monoisotopic (exact) mass is 289 g/mol. The Balaban J connectivity index is 3.15. The van der Waals surface area contributed by atoms with Gasteiger partial charge in [0.15, 0.2) is 0 Å². The maximum Gasteiger partial charge on any atom is 0.206 e. The smallest absolute Gasteiger partial charge is 0.206 e. The van der Waals surface area contributed by atoms with E-state index < -0.39 is 0 Å². The molecule has 12 heavy (non-hydrogen) atoms. The lowest BCUT2D eigenvalue weighted by atomic mass is 10.0. The Labute approximate surface area is 88.4 Å². The van der Waals surface area contributed by atoms with Gasteiger partial charge in [0.2, 0.25) is 6.29 Å². The van der Waals surface area contributed by atoms with Crippen LogP contribution in [-0.4, -0.2) is 6.29 Å². The Hall–Kier alpha value is -0.150. The third kappa shape index (κ3) is 1.96. The van der Waals surface area contributed by atoms with Crippen LogP contribution in [0.25, 0.3) is 0 Å². The van der Waals surface area contributed by atoms with E-state index >= 15 is 0 Å². The van der Waals surface area contributed by atoms with E-state index in [0.29, 0.717) is 0 Å². The predicted molar refractivity (Wildman–Crippen MR) is 56.0 cm³/mol. The number of carbonyl (C=O) groups excluding carboxylic acids is 1. The van der Waals surface area contributed by atoms with Crippen LogP contribution in [0.4, 0.5) is 0 Å². The van der Waals surface area contributed by atoms with Crippen LogP contribution >= 0.6 is 31.9 Å². The van der Waals surface area contributed by atoms with Crippen LogP contribution in [0, 0.1) is 0 Å².